The molecule has 3 heterocycles. The van der Waals surface area contributed by atoms with Crippen molar-refractivity contribution < 1.29 is 9.84 Å². The summed E-state index contributed by atoms with van der Waals surface area (Å²) in [4.78, 5) is 11.4. The van der Waals surface area contributed by atoms with E-state index in [9.17, 15) is 5.11 Å². The SMILES string of the molecule is CCc1ccccc1-c1ccc(N2CCC(Oc3ccc(C)cn3)C2)c(CO)n1. The van der Waals surface area contributed by atoms with Crippen LogP contribution in [0.3, 0.4) is 0 Å². The monoisotopic (exact) mass is 389 g/mol. The summed E-state index contributed by atoms with van der Waals surface area (Å²) in [5.41, 5.74) is 6.11. The highest BCUT2D eigenvalue weighted by molar-refractivity contribution is 5.67. The molecule has 0 amide bonds. The van der Waals surface area contributed by atoms with E-state index in [0.29, 0.717) is 11.6 Å². The molecule has 1 atom stereocenters. The van der Waals surface area contributed by atoms with Crippen LogP contribution in [0.15, 0.2) is 54.7 Å². The van der Waals surface area contributed by atoms with Crippen LogP contribution in [0.4, 0.5) is 5.69 Å². The highest BCUT2D eigenvalue weighted by Crippen LogP contribution is 2.30. The Morgan fingerprint density at radius 2 is 2.00 bits per heavy atom. The summed E-state index contributed by atoms with van der Waals surface area (Å²) in [7, 11) is 0. The van der Waals surface area contributed by atoms with E-state index in [1.54, 1.807) is 0 Å². The molecule has 1 aliphatic rings. The van der Waals surface area contributed by atoms with Gasteiger partial charge in [-0.3, -0.25) is 0 Å². The first-order chi connectivity index (χ1) is 14.2. The van der Waals surface area contributed by atoms with E-state index in [4.69, 9.17) is 9.72 Å². The van der Waals surface area contributed by atoms with Crippen molar-refractivity contribution in [3.05, 3.63) is 71.5 Å². The van der Waals surface area contributed by atoms with Crippen LogP contribution in [0, 0.1) is 6.92 Å². The van der Waals surface area contributed by atoms with Crippen LogP contribution in [0.1, 0.15) is 30.2 Å². The molecule has 0 aliphatic carbocycles. The Balaban J connectivity index is 1.52. The molecule has 1 N–H and O–H groups in total. The maximum absolute atomic E-state index is 9.97. The number of aromatic nitrogens is 2. The normalized spacial score (nSPS) is 16.2. The number of ether oxygens (including phenoxy) is 1. The summed E-state index contributed by atoms with van der Waals surface area (Å²) < 4.78 is 6.04. The fraction of sp³-hybridized carbons (Fsp3) is 0.333. The van der Waals surface area contributed by atoms with Gasteiger partial charge in [0, 0.05) is 30.8 Å². The average molecular weight is 389 g/mol. The molecule has 2 aromatic heterocycles. The predicted octanol–water partition coefficient (Wildman–Crippen LogP) is 4.16. The van der Waals surface area contributed by atoms with Gasteiger partial charge in [0.1, 0.15) is 6.10 Å². The molecule has 1 aromatic carbocycles. The Kier molecular flexibility index (Phi) is 5.76. The topological polar surface area (TPSA) is 58.5 Å². The Morgan fingerprint density at radius 3 is 2.76 bits per heavy atom. The van der Waals surface area contributed by atoms with Crippen molar-refractivity contribution in [1.82, 2.24) is 9.97 Å². The van der Waals surface area contributed by atoms with Crippen LogP contribution in [0.5, 0.6) is 5.88 Å². The summed E-state index contributed by atoms with van der Waals surface area (Å²) in [6, 6.07) is 16.4. The number of rotatable bonds is 6. The molecule has 5 nitrogen and oxygen atoms in total. The molecule has 29 heavy (non-hydrogen) atoms. The second-order valence-electron chi connectivity index (χ2n) is 7.48. The van der Waals surface area contributed by atoms with E-state index in [1.807, 2.05) is 31.3 Å². The van der Waals surface area contributed by atoms with Gasteiger partial charge in [0.2, 0.25) is 5.88 Å². The predicted molar refractivity (Wildman–Crippen MR) is 115 cm³/mol. The Labute approximate surface area is 172 Å². The van der Waals surface area contributed by atoms with Gasteiger partial charge in [0.15, 0.2) is 0 Å². The van der Waals surface area contributed by atoms with Crippen molar-refractivity contribution in [1.29, 1.82) is 0 Å². The van der Waals surface area contributed by atoms with Crippen molar-refractivity contribution in [2.45, 2.75) is 39.4 Å². The third-order valence-corrected chi connectivity index (χ3v) is 5.43. The number of nitrogens with zero attached hydrogens (tertiary/aromatic N) is 3. The summed E-state index contributed by atoms with van der Waals surface area (Å²) in [6.45, 7) is 5.71. The molecule has 1 saturated heterocycles. The fourth-order valence-electron chi connectivity index (χ4n) is 3.86. The zero-order valence-corrected chi connectivity index (χ0v) is 17.0. The number of benzene rings is 1. The molecule has 1 fully saturated rings. The van der Waals surface area contributed by atoms with Crippen molar-refractivity contribution in [2.24, 2.45) is 0 Å². The average Bonchev–Trinajstić information content (AvgIpc) is 3.23. The lowest BCUT2D eigenvalue weighted by atomic mass is 10.0. The molecule has 150 valence electrons. The lowest BCUT2D eigenvalue weighted by Gasteiger charge is -2.22. The molecule has 5 heteroatoms. The maximum atomic E-state index is 9.97. The maximum Gasteiger partial charge on any atom is 0.213 e. The van der Waals surface area contributed by atoms with E-state index in [0.717, 1.165) is 48.4 Å². The zero-order chi connectivity index (χ0) is 20.2. The number of aliphatic hydroxyl groups excluding tert-OH is 1. The Hall–Kier alpha value is -2.92. The number of aliphatic hydroxyl groups is 1. The smallest absolute Gasteiger partial charge is 0.213 e. The van der Waals surface area contributed by atoms with Crippen LogP contribution in [0.2, 0.25) is 0 Å². The van der Waals surface area contributed by atoms with Gasteiger partial charge in [-0.25, -0.2) is 9.97 Å². The van der Waals surface area contributed by atoms with Gasteiger partial charge in [-0.1, -0.05) is 37.3 Å². The van der Waals surface area contributed by atoms with Gasteiger partial charge in [-0.05, 0) is 36.6 Å². The van der Waals surface area contributed by atoms with E-state index >= 15 is 0 Å². The van der Waals surface area contributed by atoms with E-state index in [1.165, 1.54) is 5.56 Å². The minimum Gasteiger partial charge on any atom is -0.472 e. The molecular formula is C24H27N3O2. The van der Waals surface area contributed by atoms with E-state index in [2.05, 4.69) is 47.1 Å². The Morgan fingerprint density at radius 1 is 1.14 bits per heavy atom. The third kappa shape index (κ3) is 4.25. The van der Waals surface area contributed by atoms with E-state index in [-0.39, 0.29) is 12.7 Å². The fourth-order valence-corrected chi connectivity index (χ4v) is 3.86. The second-order valence-corrected chi connectivity index (χ2v) is 7.48. The number of hydrogen-bond acceptors (Lipinski definition) is 5. The molecule has 1 aliphatic heterocycles. The summed E-state index contributed by atoms with van der Waals surface area (Å²) >= 11 is 0. The molecular weight excluding hydrogens is 362 g/mol. The van der Waals surface area contributed by atoms with Crippen molar-refractivity contribution in [2.75, 3.05) is 18.0 Å². The minimum absolute atomic E-state index is 0.0808. The highest BCUT2D eigenvalue weighted by atomic mass is 16.5. The molecule has 0 saturated carbocycles. The van der Waals surface area contributed by atoms with Gasteiger partial charge >= 0.3 is 0 Å². The van der Waals surface area contributed by atoms with E-state index < -0.39 is 0 Å². The van der Waals surface area contributed by atoms with Gasteiger partial charge in [-0.2, -0.15) is 0 Å². The molecule has 1 unspecified atom stereocenters. The summed E-state index contributed by atoms with van der Waals surface area (Å²) in [6.07, 6.45) is 3.77. The number of anilines is 1. The third-order valence-electron chi connectivity index (χ3n) is 5.43. The van der Waals surface area contributed by atoms with Gasteiger partial charge in [0.05, 0.1) is 30.2 Å². The first-order valence-corrected chi connectivity index (χ1v) is 10.2. The largest absolute Gasteiger partial charge is 0.472 e. The first-order valence-electron chi connectivity index (χ1n) is 10.2. The molecule has 0 radical (unpaired) electrons. The second kappa shape index (κ2) is 8.62. The van der Waals surface area contributed by atoms with Crippen molar-refractivity contribution in [3.63, 3.8) is 0 Å². The molecule has 0 bridgehead atoms. The quantitative estimate of drug-likeness (QED) is 0.686. The highest BCUT2D eigenvalue weighted by Gasteiger charge is 2.26. The van der Waals surface area contributed by atoms with Crippen LogP contribution in [-0.2, 0) is 13.0 Å². The Bertz CT molecular complexity index is 972. The number of aryl methyl sites for hydroxylation is 2. The first kappa shape index (κ1) is 19.4. The molecule has 3 aromatic rings. The molecule has 4 rings (SSSR count). The van der Waals surface area contributed by atoms with Crippen LogP contribution in [0.25, 0.3) is 11.3 Å². The number of pyridine rings is 2. The standard InChI is InChI=1S/C24H27N3O2/c1-3-18-6-4-5-7-20(18)21-9-10-23(22(16-28)26-21)27-13-12-19(15-27)29-24-11-8-17(2)14-25-24/h4-11,14,19,28H,3,12-13,15-16H2,1-2H3. The summed E-state index contributed by atoms with van der Waals surface area (Å²) in [5, 5.41) is 9.97. The number of hydrogen-bond donors (Lipinski definition) is 1. The molecule has 0 spiro atoms. The lowest BCUT2D eigenvalue weighted by molar-refractivity contribution is 0.215. The van der Waals surface area contributed by atoms with Gasteiger partial charge in [-0.15, -0.1) is 0 Å². The lowest BCUT2D eigenvalue weighted by Crippen LogP contribution is -2.26. The summed E-state index contributed by atoms with van der Waals surface area (Å²) in [5.74, 6) is 0.662. The van der Waals surface area contributed by atoms with Crippen LogP contribution < -0.4 is 9.64 Å². The van der Waals surface area contributed by atoms with Gasteiger partial charge < -0.3 is 14.7 Å². The van der Waals surface area contributed by atoms with Gasteiger partial charge in [0.25, 0.3) is 0 Å². The minimum atomic E-state index is -0.0843. The van der Waals surface area contributed by atoms with Crippen molar-refractivity contribution in [3.8, 4) is 17.1 Å². The zero-order valence-electron chi connectivity index (χ0n) is 17.0. The van der Waals surface area contributed by atoms with Crippen molar-refractivity contribution >= 4 is 5.69 Å². The van der Waals surface area contributed by atoms with Crippen LogP contribution in [-0.4, -0.2) is 34.3 Å². The van der Waals surface area contributed by atoms with Crippen LogP contribution >= 0.6 is 0 Å².